The van der Waals surface area contributed by atoms with Gasteiger partial charge in [0.25, 0.3) is 0 Å². The van der Waals surface area contributed by atoms with E-state index in [0.717, 1.165) is 22.3 Å². The predicted molar refractivity (Wildman–Crippen MR) is 166 cm³/mol. The molecule has 2 aromatic rings. The highest BCUT2D eigenvalue weighted by Gasteiger charge is 2.38. The average molecular weight is 609 g/mol. The number of benzene rings is 2. The molecular weight excluding hydrogens is 564 g/mol. The fourth-order valence-corrected chi connectivity index (χ4v) is 5.68. The summed E-state index contributed by atoms with van der Waals surface area (Å²) in [6, 6.07) is 12.6. The number of alkyl carbamates (subject to hydrolysis) is 1. The molecule has 44 heavy (non-hydrogen) atoms. The Labute approximate surface area is 258 Å². The number of fused-ring (bicyclic) bond motifs is 3. The van der Waals surface area contributed by atoms with Crippen LogP contribution in [0.25, 0.3) is 11.1 Å². The Morgan fingerprint density at radius 1 is 0.864 bits per heavy atom. The number of nitrogens with one attached hydrogen (secondary N) is 2. The van der Waals surface area contributed by atoms with E-state index >= 15 is 0 Å². The van der Waals surface area contributed by atoms with Gasteiger partial charge < -0.3 is 30.3 Å². The van der Waals surface area contributed by atoms with Crippen molar-refractivity contribution in [2.24, 2.45) is 11.8 Å². The summed E-state index contributed by atoms with van der Waals surface area (Å²) in [5.41, 5.74) is 4.33. The number of carbonyl (C=O) groups is 5. The highest BCUT2D eigenvalue weighted by molar-refractivity contribution is 5.95. The van der Waals surface area contributed by atoms with Crippen LogP contribution in [0.1, 0.15) is 57.6 Å². The third-order valence-corrected chi connectivity index (χ3v) is 8.20. The summed E-state index contributed by atoms with van der Waals surface area (Å²) >= 11 is 0. The first-order chi connectivity index (χ1) is 20.8. The Kier molecular flexibility index (Phi) is 11.5. The van der Waals surface area contributed by atoms with E-state index in [2.05, 4.69) is 10.6 Å². The van der Waals surface area contributed by atoms with E-state index in [1.54, 1.807) is 13.8 Å². The molecule has 2 aromatic carbocycles. The Balaban J connectivity index is 1.75. The highest BCUT2D eigenvalue weighted by Crippen LogP contribution is 2.44. The van der Waals surface area contributed by atoms with Crippen molar-refractivity contribution in [1.29, 1.82) is 0 Å². The zero-order valence-corrected chi connectivity index (χ0v) is 26.5. The lowest BCUT2D eigenvalue weighted by molar-refractivity contribution is -0.146. The van der Waals surface area contributed by atoms with Gasteiger partial charge in [-0.05, 0) is 34.1 Å². The third kappa shape index (κ3) is 7.75. The molecule has 238 valence electrons. The van der Waals surface area contributed by atoms with Crippen LogP contribution in [0.2, 0.25) is 0 Å². The smallest absolute Gasteiger partial charge is 0.407 e. The summed E-state index contributed by atoms with van der Waals surface area (Å²) in [7, 11) is 4.39. The molecule has 3 N–H and O–H groups in total. The van der Waals surface area contributed by atoms with Crippen LogP contribution in [0, 0.1) is 11.8 Å². The number of carboxylic acids is 1. The molecule has 0 bridgehead atoms. The number of rotatable bonds is 13. The molecule has 1 aliphatic rings. The molecule has 3 rings (SSSR count). The number of likely N-dealkylation sites (N-methyl/N-ethyl adjacent to an activating group) is 2. The number of ether oxygens (including phenoxy) is 1. The second-order valence-corrected chi connectivity index (χ2v) is 11.9. The molecule has 1 aliphatic carbocycles. The van der Waals surface area contributed by atoms with Gasteiger partial charge in [-0.25, -0.2) is 4.79 Å². The molecule has 4 amide bonds. The average Bonchev–Trinajstić information content (AvgIpc) is 3.30. The van der Waals surface area contributed by atoms with E-state index in [4.69, 9.17) is 4.74 Å². The minimum Gasteiger partial charge on any atom is -0.481 e. The van der Waals surface area contributed by atoms with Crippen LogP contribution in [0.3, 0.4) is 0 Å². The fraction of sp³-hybridized carbons (Fsp3) is 0.485. The van der Waals surface area contributed by atoms with Crippen molar-refractivity contribution in [3.63, 3.8) is 0 Å². The van der Waals surface area contributed by atoms with E-state index in [-0.39, 0.29) is 18.4 Å². The van der Waals surface area contributed by atoms with E-state index in [1.807, 2.05) is 62.4 Å². The number of nitrogens with zero attached hydrogens (tertiary/aromatic N) is 2. The molecule has 0 unspecified atom stereocenters. The molecule has 0 aliphatic heterocycles. The number of carbonyl (C=O) groups excluding carboxylic acids is 4. The van der Waals surface area contributed by atoms with Crippen molar-refractivity contribution < 1.29 is 33.8 Å². The lowest BCUT2D eigenvalue weighted by Gasteiger charge is -2.35. The van der Waals surface area contributed by atoms with Gasteiger partial charge in [-0.2, -0.15) is 0 Å². The van der Waals surface area contributed by atoms with Crippen molar-refractivity contribution in [2.75, 3.05) is 27.7 Å². The maximum absolute atomic E-state index is 13.8. The molecule has 0 heterocycles. The highest BCUT2D eigenvalue weighted by atomic mass is 16.5. The van der Waals surface area contributed by atoms with Gasteiger partial charge in [-0.1, -0.05) is 82.6 Å². The molecule has 0 fully saturated rings. The summed E-state index contributed by atoms with van der Waals surface area (Å²) in [5.74, 6) is -3.83. The molecule has 0 radical (unpaired) electrons. The van der Waals surface area contributed by atoms with Gasteiger partial charge in [0.05, 0.1) is 6.42 Å². The summed E-state index contributed by atoms with van der Waals surface area (Å²) in [5, 5.41) is 14.5. The predicted octanol–water partition coefficient (Wildman–Crippen LogP) is 3.47. The van der Waals surface area contributed by atoms with Gasteiger partial charge >= 0.3 is 12.1 Å². The molecule has 0 saturated carbocycles. The van der Waals surface area contributed by atoms with Crippen molar-refractivity contribution in [1.82, 2.24) is 20.4 Å². The van der Waals surface area contributed by atoms with Gasteiger partial charge in [0.15, 0.2) is 0 Å². The maximum atomic E-state index is 13.8. The van der Waals surface area contributed by atoms with Crippen LogP contribution in [-0.2, 0) is 23.9 Å². The summed E-state index contributed by atoms with van der Waals surface area (Å²) < 4.78 is 5.69. The molecule has 0 spiro atoms. The second-order valence-electron chi connectivity index (χ2n) is 11.9. The van der Waals surface area contributed by atoms with Crippen molar-refractivity contribution >= 4 is 29.8 Å². The first-order valence-corrected chi connectivity index (χ1v) is 14.9. The fourth-order valence-electron chi connectivity index (χ4n) is 5.68. The van der Waals surface area contributed by atoms with Crippen LogP contribution >= 0.6 is 0 Å². The Morgan fingerprint density at radius 2 is 1.41 bits per heavy atom. The number of aliphatic carboxylic acids is 1. The molecule has 11 nitrogen and oxygen atoms in total. The zero-order valence-electron chi connectivity index (χ0n) is 26.5. The first kappa shape index (κ1) is 34.1. The van der Waals surface area contributed by atoms with Crippen molar-refractivity contribution in [3.05, 3.63) is 59.7 Å². The monoisotopic (exact) mass is 608 g/mol. The summed E-state index contributed by atoms with van der Waals surface area (Å²) in [4.78, 5) is 66.8. The standard InChI is InChI=1S/C33H44N4O7/c1-8-20(4)28(32(42)37(7)29(19(2)3)30(40)34-26(17-27(38)39)31(41)36(5)6)35-33(43)44-18-25-23-15-11-9-13-21(23)22-14-10-12-16-24(22)25/h9-16,19-20,25-26,28-29H,8,17-18H2,1-7H3,(H,34,40)(H,35,43)(H,38,39)/t20-,26-,28-,29-/m0/s1. The summed E-state index contributed by atoms with van der Waals surface area (Å²) in [6.45, 7) is 7.28. The van der Waals surface area contributed by atoms with Gasteiger partial charge in [-0.3, -0.25) is 19.2 Å². The SMILES string of the molecule is CC[C@H](C)[C@H](NC(=O)OCC1c2ccccc2-c2ccccc21)C(=O)N(C)[C@H](C(=O)N[C@@H](CC(=O)O)C(=O)N(C)C)C(C)C. The lowest BCUT2D eigenvalue weighted by Crippen LogP contribution is -2.59. The largest absolute Gasteiger partial charge is 0.481 e. The number of hydrogen-bond acceptors (Lipinski definition) is 6. The normalized spacial score (nSPS) is 14.8. The van der Waals surface area contributed by atoms with E-state index in [0.29, 0.717) is 6.42 Å². The van der Waals surface area contributed by atoms with Gasteiger partial charge in [0, 0.05) is 27.1 Å². The van der Waals surface area contributed by atoms with Crippen LogP contribution in [0.5, 0.6) is 0 Å². The maximum Gasteiger partial charge on any atom is 0.407 e. The Morgan fingerprint density at radius 3 is 1.89 bits per heavy atom. The van der Waals surface area contributed by atoms with Crippen LogP contribution in [0.15, 0.2) is 48.5 Å². The molecule has 0 aromatic heterocycles. The molecule has 0 saturated heterocycles. The molecular formula is C33H44N4O7. The first-order valence-electron chi connectivity index (χ1n) is 14.9. The van der Waals surface area contributed by atoms with Gasteiger partial charge in [0.1, 0.15) is 24.7 Å². The Bertz CT molecular complexity index is 1330. The van der Waals surface area contributed by atoms with Crippen molar-refractivity contribution in [3.8, 4) is 11.1 Å². The van der Waals surface area contributed by atoms with E-state index < -0.39 is 60.2 Å². The van der Waals surface area contributed by atoms with Gasteiger partial charge in [-0.15, -0.1) is 0 Å². The van der Waals surface area contributed by atoms with Crippen molar-refractivity contribution in [2.45, 2.75) is 64.6 Å². The topological polar surface area (TPSA) is 145 Å². The number of carboxylic acid groups (broad SMARTS) is 1. The van der Waals surface area contributed by atoms with Crippen LogP contribution in [0.4, 0.5) is 4.79 Å². The van der Waals surface area contributed by atoms with E-state index in [1.165, 1.54) is 30.9 Å². The van der Waals surface area contributed by atoms with Crippen LogP contribution < -0.4 is 10.6 Å². The lowest BCUT2D eigenvalue weighted by atomic mass is 9.95. The third-order valence-electron chi connectivity index (χ3n) is 8.20. The number of amides is 4. The summed E-state index contributed by atoms with van der Waals surface area (Å²) in [6.07, 6.45) is -0.795. The number of hydrogen-bond donors (Lipinski definition) is 3. The van der Waals surface area contributed by atoms with Crippen LogP contribution in [-0.4, -0.2) is 90.6 Å². The second kappa shape index (κ2) is 14.9. The minimum atomic E-state index is -1.30. The minimum absolute atomic E-state index is 0.0824. The molecule has 4 atom stereocenters. The quantitative estimate of drug-likeness (QED) is 0.316. The van der Waals surface area contributed by atoms with E-state index in [9.17, 15) is 29.1 Å². The van der Waals surface area contributed by atoms with Gasteiger partial charge in [0.2, 0.25) is 17.7 Å². The Hall–Kier alpha value is -4.41. The zero-order chi connectivity index (χ0) is 32.7. The molecule has 11 heteroatoms.